The van der Waals surface area contributed by atoms with E-state index < -0.39 is 0 Å². The van der Waals surface area contributed by atoms with Gasteiger partial charge in [-0.1, -0.05) is 19.9 Å². The lowest BCUT2D eigenvalue weighted by Crippen LogP contribution is -2.34. The minimum absolute atomic E-state index is 0.0776. The standard InChI is InChI=1S/C13H20N2O/c1-4-10(5-2)15-13(16)11-7-6-9(3)8-12(11)14/h6-8,10H,4-5,14H2,1-3H3,(H,15,16). The molecule has 0 saturated heterocycles. The van der Waals surface area contributed by atoms with E-state index in [1.807, 2.05) is 19.1 Å². The van der Waals surface area contributed by atoms with E-state index in [2.05, 4.69) is 19.2 Å². The summed E-state index contributed by atoms with van der Waals surface area (Å²) in [5.41, 5.74) is 8.00. The lowest BCUT2D eigenvalue weighted by molar-refractivity contribution is 0.0936. The van der Waals surface area contributed by atoms with Gasteiger partial charge in [0.25, 0.3) is 5.91 Å². The molecule has 0 fully saturated rings. The third kappa shape index (κ3) is 2.99. The first kappa shape index (κ1) is 12.6. The molecule has 0 bridgehead atoms. The highest BCUT2D eigenvalue weighted by atomic mass is 16.1. The first-order chi connectivity index (χ1) is 7.58. The molecular formula is C13H20N2O. The molecule has 1 rings (SSSR count). The molecular weight excluding hydrogens is 200 g/mol. The highest BCUT2D eigenvalue weighted by Crippen LogP contribution is 2.14. The zero-order chi connectivity index (χ0) is 12.1. The molecule has 1 aromatic rings. The van der Waals surface area contributed by atoms with Crippen LogP contribution in [0.4, 0.5) is 5.69 Å². The van der Waals surface area contributed by atoms with Crippen LogP contribution in [0.1, 0.15) is 42.6 Å². The van der Waals surface area contributed by atoms with Crippen LogP contribution in [-0.4, -0.2) is 11.9 Å². The minimum Gasteiger partial charge on any atom is -0.398 e. The second kappa shape index (κ2) is 5.54. The number of hydrogen-bond acceptors (Lipinski definition) is 2. The molecule has 0 aliphatic heterocycles. The van der Waals surface area contributed by atoms with Crippen LogP contribution < -0.4 is 11.1 Å². The van der Waals surface area contributed by atoms with E-state index in [0.29, 0.717) is 11.3 Å². The van der Waals surface area contributed by atoms with E-state index in [-0.39, 0.29) is 11.9 Å². The summed E-state index contributed by atoms with van der Waals surface area (Å²) in [6, 6.07) is 5.73. The molecule has 0 atom stereocenters. The first-order valence-corrected chi connectivity index (χ1v) is 5.75. The van der Waals surface area contributed by atoms with Crippen molar-refractivity contribution in [2.24, 2.45) is 0 Å². The zero-order valence-electron chi connectivity index (χ0n) is 10.2. The van der Waals surface area contributed by atoms with Crippen LogP contribution >= 0.6 is 0 Å². The Kier molecular flexibility index (Phi) is 4.35. The van der Waals surface area contributed by atoms with Crippen molar-refractivity contribution in [1.82, 2.24) is 5.32 Å². The average Bonchev–Trinajstić information content (AvgIpc) is 2.25. The summed E-state index contributed by atoms with van der Waals surface area (Å²) >= 11 is 0. The van der Waals surface area contributed by atoms with Crippen LogP contribution in [0.5, 0.6) is 0 Å². The summed E-state index contributed by atoms with van der Waals surface area (Å²) < 4.78 is 0. The van der Waals surface area contributed by atoms with Crippen LogP contribution in [0.3, 0.4) is 0 Å². The Morgan fingerprint density at radius 2 is 2.00 bits per heavy atom. The number of carbonyl (C=O) groups is 1. The van der Waals surface area contributed by atoms with Gasteiger partial charge in [-0.25, -0.2) is 0 Å². The van der Waals surface area contributed by atoms with E-state index in [1.54, 1.807) is 6.07 Å². The lowest BCUT2D eigenvalue weighted by Gasteiger charge is -2.15. The monoisotopic (exact) mass is 220 g/mol. The molecule has 88 valence electrons. The lowest BCUT2D eigenvalue weighted by atomic mass is 10.1. The van der Waals surface area contributed by atoms with Crippen LogP contribution in [0, 0.1) is 6.92 Å². The van der Waals surface area contributed by atoms with Crippen molar-refractivity contribution >= 4 is 11.6 Å². The number of nitrogens with two attached hydrogens (primary N) is 1. The van der Waals surface area contributed by atoms with Gasteiger partial charge in [0.05, 0.1) is 5.56 Å². The van der Waals surface area contributed by atoms with Gasteiger partial charge in [-0.15, -0.1) is 0 Å². The zero-order valence-corrected chi connectivity index (χ0v) is 10.2. The highest BCUT2D eigenvalue weighted by Gasteiger charge is 2.12. The molecule has 0 radical (unpaired) electrons. The molecule has 1 aromatic carbocycles. The number of anilines is 1. The summed E-state index contributed by atoms with van der Waals surface area (Å²) in [7, 11) is 0. The van der Waals surface area contributed by atoms with Gasteiger partial charge in [-0.2, -0.15) is 0 Å². The van der Waals surface area contributed by atoms with Crippen molar-refractivity contribution in [2.75, 3.05) is 5.73 Å². The largest absolute Gasteiger partial charge is 0.398 e. The maximum absolute atomic E-state index is 11.9. The number of nitrogen functional groups attached to an aromatic ring is 1. The molecule has 0 heterocycles. The molecule has 3 nitrogen and oxygen atoms in total. The number of aryl methyl sites for hydroxylation is 1. The van der Waals surface area contributed by atoms with Crippen LogP contribution in [0.25, 0.3) is 0 Å². The summed E-state index contributed by atoms with van der Waals surface area (Å²) in [6.45, 7) is 6.08. The third-order valence-corrected chi connectivity index (χ3v) is 2.77. The predicted molar refractivity (Wildman–Crippen MR) is 67.4 cm³/mol. The second-order valence-electron chi connectivity index (χ2n) is 4.08. The Bertz CT molecular complexity index is 370. The molecule has 0 unspecified atom stereocenters. The number of carbonyl (C=O) groups excluding carboxylic acids is 1. The highest BCUT2D eigenvalue weighted by molar-refractivity contribution is 5.99. The molecule has 0 spiro atoms. The van der Waals surface area contributed by atoms with Gasteiger partial charge >= 0.3 is 0 Å². The maximum Gasteiger partial charge on any atom is 0.253 e. The molecule has 3 heteroatoms. The van der Waals surface area contributed by atoms with Gasteiger partial charge in [0.15, 0.2) is 0 Å². The third-order valence-electron chi connectivity index (χ3n) is 2.77. The Morgan fingerprint density at radius 3 is 2.50 bits per heavy atom. The molecule has 1 amide bonds. The second-order valence-corrected chi connectivity index (χ2v) is 4.08. The van der Waals surface area contributed by atoms with Crippen LogP contribution in [0.2, 0.25) is 0 Å². The summed E-state index contributed by atoms with van der Waals surface area (Å²) in [4.78, 5) is 11.9. The summed E-state index contributed by atoms with van der Waals surface area (Å²) in [5.74, 6) is -0.0776. The van der Waals surface area contributed by atoms with Crippen LogP contribution in [-0.2, 0) is 0 Å². The number of hydrogen-bond donors (Lipinski definition) is 2. The van der Waals surface area contributed by atoms with Crippen molar-refractivity contribution < 1.29 is 4.79 Å². The summed E-state index contributed by atoms with van der Waals surface area (Å²) in [5, 5.41) is 2.97. The first-order valence-electron chi connectivity index (χ1n) is 5.75. The smallest absolute Gasteiger partial charge is 0.253 e. The Balaban J connectivity index is 2.80. The SMILES string of the molecule is CCC(CC)NC(=O)c1ccc(C)cc1N. The molecule has 0 aromatic heterocycles. The fourth-order valence-corrected chi connectivity index (χ4v) is 1.64. The molecule has 0 aliphatic rings. The van der Waals surface area contributed by atoms with Gasteiger partial charge in [0, 0.05) is 11.7 Å². The van der Waals surface area contributed by atoms with Crippen molar-refractivity contribution in [3.05, 3.63) is 29.3 Å². The molecule has 0 aliphatic carbocycles. The van der Waals surface area contributed by atoms with Gasteiger partial charge in [0.1, 0.15) is 0 Å². The summed E-state index contributed by atoms with van der Waals surface area (Å²) in [6.07, 6.45) is 1.88. The van der Waals surface area contributed by atoms with E-state index in [0.717, 1.165) is 18.4 Å². The average molecular weight is 220 g/mol. The van der Waals surface area contributed by atoms with E-state index >= 15 is 0 Å². The fourth-order valence-electron chi connectivity index (χ4n) is 1.64. The minimum atomic E-state index is -0.0776. The quantitative estimate of drug-likeness (QED) is 0.766. The molecule has 16 heavy (non-hydrogen) atoms. The maximum atomic E-state index is 11.9. The number of rotatable bonds is 4. The van der Waals surface area contributed by atoms with Gasteiger partial charge in [0.2, 0.25) is 0 Å². The van der Waals surface area contributed by atoms with Crippen molar-refractivity contribution in [3.8, 4) is 0 Å². The van der Waals surface area contributed by atoms with Crippen molar-refractivity contribution in [1.29, 1.82) is 0 Å². The normalized spacial score (nSPS) is 10.5. The van der Waals surface area contributed by atoms with E-state index in [4.69, 9.17) is 5.73 Å². The number of benzene rings is 1. The van der Waals surface area contributed by atoms with Gasteiger partial charge in [-0.05, 0) is 37.5 Å². The number of amides is 1. The van der Waals surface area contributed by atoms with Crippen LogP contribution in [0.15, 0.2) is 18.2 Å². The van der Waals surface area contributed by atoms with E-state index in [9.17, 15) is 4.79 Å². The van der Waals surface area contributed by atoms with E-state index in [1.165, 1.54) is 0 Å². The number of nitrogens with one attached hydrogen (secondary N) is 1. The fraction of sp³-hybridized carbons (Fsp3) is 0.462. The predicted octanol–water partition coefficient (Wildman–Crippen LogP) is 2.50. The molecule has 3 N–H and O–H groups in total. The molecule has 0 saturated carbocycles. The van der Waals surface area contributed by atoms with Crippen molar-refractivity contribution in [2.45, 2.75) is 39.7 Å². The van der Waals surface area contributed by atoms with Gasteiger partial charge in [-0.3, -0.25) is 4.79 Å². The Hall–Kier alpha value is -1.51. The topological polar surface area (TPSA) is 55.1 Å². The Morgan fingerprint density at radius 1 is 1.38 bits per heavy atom. The van der Waals surface area contributed by atoms with Gasteiger partial charge < -0.3 is 11.1 Å². The Labute approximate surface area is 97.0 Å². The van der Waals surface area contributed by atoms with Crippen molar-refractivity contribution in [3.63, 3.8) is 0 Å².